The molecule has 6 nitrogen and oxygen atoms in total. The van der Waals surface area contributed by atoms with Crippen LogP contribution < -0.4 is 10.1 Å². The number of rotatable bonds is 6. The van der Waals surface area contributed by atoms with Gasteiger partial charge in [0.05, 0.1) is 4.90 Å². The predicted molar refractivity (Wildman–Crippen MR) is 100 cm³/mol. The number of alkyl halides is 3. The molecule has 2 aromatic carbocycles. The number of hydrogen-bond acceptors (Lipinski definition) is 4. The maximum absolute atomic E-state index is 12.5. The number of benzene rings is 2. The Kier molecular flexibility index (Phi) is 6.13. The summed E-state index contributed by atoms with van der Waals surface area (Å²) in [5.41, 5.74) is 0.617. The average molecular weight is 428 g/mol. The van der Waals surface area contributed by atoms with Gasteiger partial charge in [-0.05, 0) is 61.4 Å². The number of halogens is 3. The standard InChI is InChI=1S/C19H19F3N2O4S/c20-19(21,22)13-28-16-7-3-14(4-8-16)18(25)23-15-5-9-17(10-6-15)29(26,27)24-11-1-2-12-24/h3-10H,1-2,11-13H2,(H,23,25). The van der Waals surface area contributed by atoms with Crippen molar-refractivity contribution in [3.05, 3.63) is 54.1 Å². The van der Waals surface area contributed by atoms with Crippen molar-refractivity contribution in [3.8, 4) is 5.75 Å². The minimum absolute atomic E-state index is 0.00431. The number of ether oxygens (including phenoxy) is 1. The molecule has 3 rings (SSSR count). The molecule has 1 saturated heterocycles. The third-order valence-electron chi connectivity index (χ3n) is 4.33. The van der Waals surface area contributed by atoms with Crippen molar-refractivity contribution >= 4 is 21.6 Å². The van der Waals surface area contributed by atoms with E-state index < -0.39 is 28.7 Å². The van der Waals surface area contributed by atoms with Gasteiger partial charge in [-0.3, -0.25) is 4.79 Å². The van der Waals surface area contributed by atoms with Crippen LogP contribution in [0.25, 0.3) is 0 Å². The zero-order chi connectivity index (χ0) is 21.1. The Morgan fingerprint density at radius 1 is 1.00 bits per heavy atom. The summed E-state index contributed by atoms with van der Waals surface area (Å²) in [6.45, 7) is -0.405. The van der Waals surface area contributed by atoms with Gasteiger partial charge in [-0.1, -0.05) is 0 Å². The van der Waals surface area contributed by atoms with Crippen LogP contribution in [0.3, 0.4) is 0 Å². The normalized spacial score (nSPS) is 15.3. The van der Waals surface area contributed by atoms with E-state index >= 15 is 0 Å². The SMILES string of the molecule is O=C(Nc1ccc(S(=O)(=O)N2CCCC2)cc1)c1ccc(OCC(F)(F)F)cc1. The lowest BCUT2D eigenvalue weighted by molar-refractivity contribution is -0.153. The fourth-order valence-electron chi connectivity index (χ4n) is 2.86. The number of nitrogens with zero attached hydrogens (tertiary/aromatic N) is 1. The number of anilines is 1. The monoisotopic (exact) mass is 428 g/mol. The predicted octanol–water partition coefficient (Wildman–Crippen LogP) is 3.66. The van der Waals surface area contributed by atoms with Crippen LogP contribution in [-0.2, 0) is 10.0 Å². The molecule has 0 unspecified atom stereocenters. The molecular formula is C19H19F3N2O4S. The minimum Gasteiger partial charge on any atom is -0.484 e. The number of sulfonamides is 1. The van der Waals surface area contributed by atoms with Crippen molar-refractivity contribution in [1.82, 2.24) is 4.31 Å². The van der Waals surface area contributed by atoms with Crippen LogP contribution in [0.1, 0.15) is 23.2 Å². The maximum Gasteiger partial charge on any atom is 0.422 e. The minimum atomic E-state index is -4.44. The van der Waals surface area contributed by atoms with E-state index in [9.17, 15) is 26.4 Å². The summed E-state index contributed by atoms with van der Waals surface area (Å²) < 4.78 is 67.5. The first-order chi connectivity index (χ1) is 13.6. The molecule has 0 saturated carbocycles. The molecule has 0 atom stereocenters. The van der Waals surface area contributed by atoms with Gasteiger partial charge in [0.1, 0.15) is 5.75 Å². The van der Waals surface area contributed by atoms with E-state index in [1.807, 2.05) is 0 Å². The molecule has 29 heavy (non-hydrogen) atoms. The van der Waals surface area contributed by atoms with Crippen molar-refractivity contribution in [2.24, 2.45) is 0 Å². The lowest BCUT2D eigenvalue weighted by Gasteiger charge is -2.15. The van der Waals surface area contributed by atoms with Gasteiger partial charge in [0.15, 0.2) is 6.61 Å². The molecule has 2 aromatic rings. The van der Waals surface area contributed by atoms with Gasteiger partial charge in [0, 0.05) is 24.3 Å². The van der Waals surface area contributed by atoms with E-state index in [-0.39, 0.29) is 16.2 Å². The van der Waals surface area contributed by atoms with E-state index in [0.29, 0.717) is 18.8 Å². The fraction of sp³-hybridized carbons (Fsp3) is 0.316. The molecule has 1 N–H and O–H groups in total. The smallest absolute Gasteiger partial charge is 0.422 e. The summed E-state index contributed by atoms with van der Waals surface area (Å²) in [6, 6.07) is 11.1. The van der Waals surface area contributed by atoms with Gasteiger partial charge in [-0.25, -0.2) is 8.42 Å². The molecule has 0 aliphatic carbocycles. The summed E-state index contributed by atoms with van der Waals surface area (Å²) in [6.07, 6.45) is -2.76. The van der Waals surface area contributed by atoms with E-state index in [4.69, 9.17) is 0 Å². The Balaban J connectivity index is 1.62. The van der Waals surface area contributed by atoms with Crippen LogP contribution in [-0.4, -0.2) is 44.5 Å². The molecule has 0 bridgehead atoms. The summed E-state index contributed by atoms with van der Waals surface area (Å²) in [5, 5.41) is 2.61. The molecule has 1 amide bonds. The molecule has 1 aliphatic rings. The Labute approximate surface area is 166 Å². The van der Waals surface area contributed by atoms with E-state index in [1.54, 1.807) is 0 Å². The lowest BCUT2D eigenvalue weighted by atomic mass is 10.2. The highest BCUT2D eigenvalue weighted by Crippen LogP contribution is 2.23. The van der Waals surface area contributed by atoms with Crippen LogP contribution in [0.4, 0.5) is 18.9 Å². The van der Waals surface area contributed by atoms with Gasteiger partial charge in [0.2, 0.25) is 10.0 Å². The Bertz CT molecular complexity index is 952. The number of hydrogen-bond donors (Lipinski definition) is 1. The molecule has 0 radical (unpaired) electrons. The van der Waals surface area contributed by atoms with Crippen LogP contribution in [0.15, 0.2) is 53.4 Å². The molecule has 1 aliphatic heterocycles. The molecular weight excluding hydrogens is 409 g/mol. The first kappa shape index (κ1) is 21.1. The van der Waals surface area contributed by atoms with Crippen molar-refractivity contribution in [2.75, 3.05) is 25.0 Å². The highest BCUT2D eigenvalue weighted by Gasteiger charge is 2.28. The third kappa shape index (κ3) is 5.48. The Morgan fingerprint density at radius 3 is 2.14 bits per heavy atom. The molecule has 1 heterocycles. The van der Waals surface area contributed by atoms with Gasteiger partial charge in [-0.15, -0.1) is 0 Å². The molecule has 156 valence electrons. The van der Waals surface area contributed by atoms with E-state index in [2.05, 4.69) is 10.1 Å². The summed E-state index contributed by atoms with van der Waals surface area (Å²) in [7, 11) is -3.53. The Hall–Kier alpha value is -2.59. The highest BCUT2D eigenvalue weighted by molar-refractivity contribution is 7.89. The van der Waals surface area contributed by atoms with Crippen molar-refractivity contribution in [1.29, 1.82) is 0 Å². The van der Waals surface area contributed by atoms with Gasteiger partial charge in [-0.2, -0.15) is 17.5 Å². The Morgan fingerprint density at radius 2 is 1.59 bits per heavy atom. The summed E-state index contributed by atoms with van der Waals surface area (Å²) in [5.74, 6) is -0.488. The van der Waals surface area contributed by atoms with Crippen LogP contribution in [0.2, 0.25) is 0 Å². The highest BCUT2D eigenvalue weighted by atomic mass is 32.2. The first-order valence-corrected chi connectivity index (χ1v) is 10.3. The molecule has 10 heteroatoms. The number of carbonyl (C=O) groups is 1. The van der Waals surface area contributed by atoms with E-state index in [0.717, 1.165) is 12.8 Å². The van der Waals surface area contributed by atoms with Crippen LogP contribution in [0.5, 0.6) is 5.75 Å². The zero-order valence-electron chi connectivity index (χ0n) is 15.3. The third-order valence-corrected chi connectivity index (χ3v) is 6.25. The lowest BCUT2D eigenvalue weighted by Crippen LogP contribution is -2.27. The second-order valence-corrected chi connectivity index (χ2v) is 8.46. The molecule has 0 spiro atoms. The van der Waals surface area contributed by atoms with Gasteiger partial charge >= 0.3 is 6.18 Å². The second-order valence-electron chi connectivity index (χ2n) is 6.52. The van der Waals surface area contributed by atoms with Crippen LogP contribution >= 0.6 is 0 Å². The number of amides is 1. The first-order valence-electron chi connectivity index (χ1n) is 8.86. The zero-order valence-corrected chi connectivity index (χ0v) is 16.1. The fourth-order valence-corrected chi connectivity index (χ4v) is 4.38. The number of carbonyl (C=O) groups excluding carboxylic acids is 1. The van der Waals surface area contributed by atoms with Crippen molar-refractivity contribution in [3.63, 3.8) is 0 Å². The largest absolute Gasteiger partial charge is 0.484 e. The second kappa shape index (κ2) is 8.42. The van der Waals surface area contributed by atoms with Gasteiger partial charge < -0.3 is 10.1 Å². The average Bonchev–Trinajstić information content (AvgIpc) is 3.22. The molecule has 1 fully saturated rings. The summed E-state index contributed by atoms with van der Waals surface area (Å²) in [4.78, 5) is 12.4. The maximum atomic E-state index is 12.5. The molecule has 0 aromatic heterocycles. The van der Waals surface area contributed by atoms with E-state index in [1.165, 1.54) is 52.8 Å². The van der Waals surface area contributed by atoms with Crippen molar-refractivity contribution in [2.45, 2.75) is 23.9 Å². The van der Waals surface area contributed by atoms with Crippen LogP contribution in [0, 0.1) is 0 Å². The number of nitrogens with one attached hydrogen (secondary N) is 1. The topological polar surface area (TPSA) is 75.7 Å². The quantitative estimate of drug-likeness (QED) is 0.762. The van der Waals surface area contributed by atoms with Gasteiger partial charge in [0.25, 0.3) is 5.91 Å². The van der Waals surface area contributed by atoms with Crippen molar-refractivity contribution < 1.29 is 31.1 Å². The summed E-state index contributed by atoms with van der Waals surface area (Å²) >= 11 is 0.